The number of benzene rings is 2. The Morgan fingerprint density at radius 3 is 2.44 bits per heavy atom. The van der Waals surface area contributed by atoms with Gasteiger partial charge in [-0.1, -0.05) is 23.7 Å². The van der Waals surface area contributed by atoms with Crippen molar-refractivity contribution in [3.05, 3.63) is 58.6 Å². The lowest BCUT2D eigenvalue weighted by Crippen LogP contribution is -2.32. The van der Waals surface area contributed by atoms with Gasteiger partial charge in [-0.15, -0.1) is 0 Å². The number of rotatable bonds is 5. The van der Waals surface area contributed by atoms with Gasteiger partial charge in [-0.3, -0.25) is 9.59 Å². The Labute approximate surface area is 159 Å². The summed E-state index contributed by atoms with van der Waals surface area (Å²) in [6, 6.07) is 9.93. The van der Waals surface area contributed by atoms with E-state index in [1.54, 1.807) is 12.1 Å². The van der Waals surface area contributed by atoms with Crippen molar-refractivity contribution in [2.45, 2.75) is 26.4 Å². The molecule has 144 valence electrons. The maximum Gasteiger partial charge on any atom is 0.416 e. The lowest BCUT2D eigenvalue weighted by Gasteiger charge is -2.21. The number of aryl methyl sites for hydroxylation is 1. The molecule has 0 saturated heterocycles. The second kappa shape index (κ2) is 8.43. The molecule has 0 bridgehead atoms. The molecule has 0 aliphatic heterocycles. The highest BCUT2D eigenvalue weighted by Gasteiger charge is 2.31. The van der Waals surface area contributed by atoms with Crippen LogP contribution in [0, 0.1) is 6.92 Å². The first-order chi connectivity index (χ1) is 12.6. The standard InChI is InChI=1S/C19H18ClF3N2O2/c1-12-4-3-5-15(10-12)25(13(2)26)9-8-18(27)24-17-11-14(19(21,22)23)6-7-16(17)20/h3-7,10-11H,8-9H2,1-2H3,(H,24,27). The van der Waals surface area contributed by atoms with Crippen LogP contribution in [0.1, 0.15) is 24.5 Å². The number of nitrogens with one attached hydrogen (secondary N) is 1. The van der Waals surface area contributed by atoms with Crippen molar-refractivity contribution in [3.63, 3.8) is 0 Å². The molecule has 0 fully saturated rings. The SMILES string of the molecule is CC(=O)N(CCC(=O)Nc1cc(C(F)(F)F)ccc1Cl)c1cccc(C)c1. The van der Waals surface area contributed by atoms with Crippen LogP contribution in [0.2, 0.25) is 5.02 Å². The molecule has 27 heavy (non-hydrogen) atoms. The first-order valence-electron chi connectivity index (χ1n) is 8.09. The summed E-state index contributed by atoms with van der Waals surface area (Å²) in [5.74, 6) is -0.791. The van der Waals surface area contributed by atoms with Gasteiger partial charge in [0.1, 0.15) is 0 Å². The number of halogens is 4. The molecule has 1 N–H and O–H groups in total. The second-order valence-corrected chi connectivity index (χ2v) is 6.41. The normalized spacial score (nSPS) is 11.2. The van der Waals surface area contributed by atoms with Crippen molar-refractivity contribution in [1.82, 2.24) is 0 Å². The molecular formula is C19H18ClF3N2O2. The van der Waals surface area contributed by atoms with Crippen molar-refractivity contribution in [2.75, 3.05) is 16.8 Å². The summed E-state index contributed by atoms with van der Waals surface area (Å²) in [5.41, 5.74) is 0.570. The minimum Gasteiger partial charge on any atom is -0.325 e. The Morgan fingerprint density at radius 2 is 1.85 bits per heavy atom. The maximum atomic E-state index is 12.8. The van der Waals surface area contributed by atoms with Gasteiger partial charge in [0, 0.05) is 25.6 Å². The smallest absolute Gasteiger partial charge is 0.325 e. The first-order valence-corrected chi connectivity index (χ1v) is 8.47. The largest absolute Gasteiger partial charge is 0.416 e. The number of anilines is 2. The van der Waals surface area contributed by atoms with Crippen molar-refractivity contribution in [1.29, 1.82) is 0 Å². The molecule has 0 aromatic heterocycles. The van der Waals surface area contributed by atoms with Gasteiger partial charge in [0.15, 0.2) is 0 Å². The molecule has 2 aromatic carbocycles. The van der Waals surface area contributed by atoms with Crippen molar-refractivity contribution in [3.8, 4) is 0 Å². The Hall–Kier alpha value is -2.54. The van der Waals surface area contributed by atoms with Crippen molar-refractivity contribution < 1.29 is 22.8 Å². The average molecular weight is 399 g/mol. The van der Waals surface area contributed by atoms with Crippen molar-refractivity contribution >= 4 is 34.8 Å². The summed E-state index contributed by atoms with van der Waals surface area (Å²) < 4.78 is 38.4. The van der Waals surface area contributed by atoms with E-state index in [9.17, 15) is 22.8 Å². The fraction of sp³-hybridized carbons (Fsp3) is 0.263. The van der Waals surface area contributed by atoms with Crippen LogP contribution in [-0.2, 0) is 15.8 Å². The Balaban J connectivity index is 2.08. The highest BCUT2D eigenvalue weighted by molar-refractivity contribution is 6.33. The molecule has 0 heterocycles. The lowest BCUT2D eigenvalue weighted by molar-refractivity contribution is -0.137. The monoisotopic (exact) mass is 398 g/mol. The van der Waals surface area contributed by atoms with Gasteiger partial charge in [-0.25, -0.2) is 0 Å². The van der Waals surface area contributed by atoms with Crippen molar-refractivity contribution in [2.24, 2.45) is 0 Å². The van der Waals surface area contributed by atoms with Crippen LogP contribution < -0.4 is 10.2 Å². The van der Waals surface area contributed by atoms with Gasteiger partial charge in [0.25, 0.3) is 0 Å². The number of hydrogen-bond donors (Lipinski definition) is 1. The van der Waals surface area contributed by atoms with Gasteiger partial charge in [0.2, 0.25) is 11.8 Å². The van der Waals surface area contributed by atoms with E-state index < -0.39 is 17.6 Å². The summed E-state index contributed by atoms with van der Waals surface area (Å²) in [6.45, 7) is 3.34. The molecular weight excluding hydrogens is 381 g/mol. The molecule has 2 amide bonds. The zero-order valence-electron chi connectivity index (χ0n) is 14.7. The Kier molecular flexibility index (Phi) is 6.49. The molecule has 2 aromatic rings. The van der Waals surface area contributed by atoms with Crippen LogP contribution in [0.25, 0.3) is 0 Å². The lowest BCUT2D eigenvalue weighted by atomic mass is 10.2. The van der Waals surface area contributed by atoms with Gasteiger partial charge < -0.3 is 10.2 Å². The highest BCUT2D eigenvalue weighted by atomic mass is 35.5. The van der Waals surface area contributed by atoms with E-state index in [1.165, 1.54) is 11.8 Å². The van der Waals surface area contributed by atoms with E-state index in [1.807, 2.05) is 19.1 Å². The molecule has 0 radical (unpaired) electrons. The molecule has 2 rings (SSSR count). The van der Waals surface area contributed by atoms with E-state index in [2.05, 4.69) is 5.32 Å². The quantitative estimate of drug-likeness (QED) is 0.766. The summed E-state index contributed by atoms with van der Waals surface area (Å²) in [6.07, 6.45) is -4.64. The second-order valence-electron chi connectivity index (χ2n) is 6.00. The third-order valence-electron chi connectivity index (χ3n) is 3.82. The van der Waals surface area contributed by atoms with E-state index in [0.29, 0.717) is 5.69 Å². The van der Waals surface area contributed by atoms with Crippen LogP contribution in [0.5, 0.6) is 0 Å². The first kappa shape index (κ1) is 20.8. The van der Waals surface area contributed by atoms with Crippen LogP contribution in [-0.4, -0.2) is 18.4 Å². The van der Waals surface area contributed by atoms with Crippen LogP contribution in [0.4, 0.5) is 24.5 Å². The zero-order valence-corrected chi connectivity index (χ0v) is 15.5. The molecule has 0 aliphatic carbocycles. The number of nitrogens with zero attached hydrogens (tertiary/aromatic N) is 1. The number of alkyl halides is 3. The number of amides is 2. The fourth-order valence-electron chi connectivity index (χ4n) is 2.49. The zero-order chi connectivity index (χ0) is 20.2. The maximum absolute atomic E-state index is 12.8. The fourth-order valence-corrected chi connectivity index (χ4v) is 2.65. The molecule has 4 nitrogen and oxygen atoms in total. The summed E-state index contributed by atoms with van der Waals surface area (Å²) in [4.78, 5) is 25.5. The molecule has 0 unspecified atom stereocenters. The average Bonchev–Trinajstić information content (AvgIpc) is 2.55. The summed E-state index contributed by atoms with van der Waals surface area (Å²) >= 11 is 5.87. The van der Waals surface area contributed by atoms with E-state index in [0.717, 1.165) is 23.8 Å². The minimum absolute atomic E-state index is 0.00143. The van der Waals surface area contributed by atoms with E-state index in [4.69, 9.17) is 11.6 Å². The van der Waals surface area contributed by atoms with E-state index in [-0.39, 0.29) is 29.6 Å². The third-order valence-corrected chi connectivity index (χ3v) is 4.15. The Morgan fingerprint density at radius 1 is 1.15 bits per heavy atom. The molecule has 0 spiro atoms. The van der Waals surface area contributed by atoms with Gasteiger partial charge in [-0.05, 0) is 42.8 Å². The topological polar surface area (TPSA) is 49.4 Å². The molecule has 0 aliphatic rings. The molecule has 0 atom stereocenters. The van der Waals surface area contributed by atoms with E-state index >= 15 is 0 Å². The molecule has 8 heteroatoms. The number of hydrogen-bond acceptors (Lipinski definition) is 2. The highest BCUT2D eigenvalue weighted by Crippen LogP contribution is 2.33. The summed E-state index contributed by atoms with van der Waals surface area (Å²) in [7, 11) is 0. The number of carbonyl (C=O) groups excluding carboxylic acids is 2. The molecule has 0 saturated carbocycles. The van der Waals surface area contributed by atoms with Gasteiger partial charge in [0.05, 0.1) is 16.3 Å². The third kappa shape index (κ3) is 5.72. The predicted molar refractivity (Wildman–Crippen MR) is 98.9 cm³/mol. The van der Waals surface area contributed by atoms with Gasteiger partial charge in [-0.2, -0.15) is 13.2 Å². The predicted octanol–water partition coefficient (Wildman–Crippen LogP) is 5.05. The number of carbonyl (C=O) groups is 2. The van der Waals surface area contributed by atoms with Gasteiger partial charge >= 0.3 is 6.18 Å². The van der Waals surface area contributed by atoms with Crippen LogP contribution >= 0.6 is 11.6 Å². The Bertz CT molecular complexity index is 853. The van der Waals surface area contributed by atoms with Crippen LogP contribution in [0.15, 0.2) is 42.5 Å². The minimum atomic E-state index is -4.54. The summed E-state index contributed by atoms with van der Waals surface area (Å²) in [5, 5.41) is 2.37. The van der Waals surface area contributed by atoms with Crippen LogP contribution in [0.3, 0.4) is 0 Å².